The van der Waals surface area contributed by atoms with E-state index in [1.807, 2.05) is 13.8 Å². The predicted molar refractivity (Wildman–Crippen MR) is 58.1 cm³/mol. The average molecular weight is 235 g/mol. The van der Waals surface area contributed by atoms with Crippen LogP contribution in [-0.4, -0.2) is 50.7 Å². The maximum absolute atomic E-state index is 11.4. The predicted octanol–water partition coefficient (Wildman–Crippen LogP) is 0.0782. The highest BCUT2D eigenvalue weighted by atomic mass is 32.2. The second kappa shape index (κ2) is 7.39. The molecule has 0 spiro atoms. The van der Waals surface area contributed by atoms with Crippen LogP contribution >= 0.6 is 0 Å². The molecule has 0 radical (unpaired) electrons. The molecule has 0 aromatic rings. The number of hydrogen-bond donors (Lipinski definition) is 1. The van der Waals surface area contributed by atoms with Gasteiger partial charge in [0.2, 0.25) is 5.91 Å². The Labute approximate surface area is 91.9 Å². The van der Waals surface area contributed by atoms with Crippen molar-refractivity contribution in [1.82, 2.24) is 4.90 Å². The lowest BCUT2D eigenvalue weighted by atomic mass is 10.5. The Kier molecular flexibility index (Phi) is 6.94. The van der Waals surface area contributed by atoms with Crippen LogP contribution in [-0.2, 0) is 20.4 Å². The Morgan fingerprint density at radius 3 is 2.20 bits per heavy atom. The lowest BCUT2D eigenvalue weighted by Crippen LogP contribution is -2.34. The molecule has 0 saturated heterocycles. The molecule has 1 unspecified atom stereocenters. The third kappa shape index (κ3) is 6.22. The number of hydrogen-bond acceptors (Lipinski definition) is 3. The quantitative estimate of drug-likeness (QED) is 0.678. The van der Waals surface area contributed by atoms with E-state index in [4.69, 9.17) is 5.11 Å². The lowest BCUT2D eigenvalue weighted by Gasteiger charge is -2.17. The van der Waals surface area contributed by atoms with Gasteiger partial charge in [-0.25, -0.2) is 0 Å². The molecule has 15 heavy (non-hydrogen) atoms. The second-order valence-corrected chi connectivity index (χ2v) is 4.57. The number of rotatable bonds is 7. The first-order chi connectivity index (χ1) is 7.01. The van der Waals surface area contributed by atoms with E-state index in [-0.39, 0.29) is 23.8 Å². The molecule has 6 heteroatoms. The summed E-state index contributed by atoms with van der Waals surface area (Å²) >= 11 is 0. The Balaban J connectivity index is 3.95. The van der Waals surface area contributed by atoms with E-state index in [0.717, 1.165) is 0 Å². The monoisotopic (exact) mass is 235 g/mol. The summed E-state index contributed by atoms with van der Waals surface area (Å²) in [6.45, 7) is 4.88. The van der Waals surface area contributed by atoms with Crippen LogP contribution in [0.1, 0.15) is 20.3 Å². The van der Waals surface area contributed by atoms with Crippen molar-refractivity contribution in [1.29, 1.82) is 0 Å². The molecule has 0 aromatic heterocycles. The Hall–Kier alpha value is -0.910. The van der Waals surface area contributed by atoms with Crippen LogP contribution in [0, 0.1) is 0 Å². The topological polar surface area (TPSA) is 74.7 Å². The number of carboxylic acid groups (broad SMARTS) is 1. The van der Waals surface area contributed by atoms with Crippen LogP contribution in [0.15, 0.2) is 0 Å². The zero-order valence-electron chi connectivity index (χ0n) is 9.06. The third-order valence-electron chi connectivity index (χ3n) is 1.94. The van der Waals surface area contributed by atoms with E-state index in [9.17, 15) is 13.8 Å². The largest absolute Gasteiger partial charge is 0.481 e. The highest BCUT2D eigenvalue weighted by Gasteiger charge is 2.13. The first-order valence-corrected chi connectivity index (χ1v) is 6.34. The minimum Gasteiger partial charge on any atom is -0.481 e. The van der Waals surface area contributed by atoms with Gasteiger partial charge in [0, 0.05) is 29.6 Å². The molecule has 0 saturated carbocycles. The first kappa shape index (κ1) is 14.1. The van der Waals surface area contributed by atoms with Gasteiger partial charge in [0.05, 0.1) is 6.42 Å². The van der Waals surface area contributed by atoms with Crippen LogP contribution in [0.25, 0.3) is 0 Å². The second-order valence-electron chi connectivity index (χ2n) is 3.00. The van der Waals surface area contributed by atoms with Crippen molar-refractivity contribution in [3.05, 3.63) is 0 Å². The normalized spacial score (nSPS) is 12.1. The van der Waals surface area contributed by atoms with Gasteiger partial charge in [0.25, 0.3) is 0 Å². The summed E-state index contributed by atoms with van der Waals surface area (Å²) in [6.07, 6.45) is -0.155. The first-order valence-electron chi connectivity index (χ1n) is 4.85. The van der Waals surface area contributed by atoms with Gasteiger partial charge in [0.1, 0.15) is 5.75 Å². The smallest absolute Gasteiger partial charge is 0.304 e. The van der Waals surface area contributed by atoms with E-state index in [0.29, 0.717) is 13.1 Å². The molecule has 0 heterocycles. The van der Waals surface area contributed by atoms with Crippen molar-refractivity contribution in [2.75, 3.05) is 24.6 Å². The van der Waals surface area contributed by atoms with E-state index in [2.05, 4.69) is 0 Å². The minimum atomic E-state index is -1.37. The molecule has 5 nitrogen and oxygen atoms in total. The number of amides is 1. The molecular weight excluding hydrogens is 218 g/mol. The summed E-state index contributed by atoms with van der Waals surface area (Å²) in [5.74, 6) is -1.19. The summed E-state index contributed by atoms with van der Waals surface area (Å²) in [6, 6.07) is 0. The van der Waals surface area contributed by atoms with Crippen molar-refractivity contribution in [2.45, 2.75) is 20.3 Å². The Morgan fingerprint density at radius 2 is 1.80 bits per heavy atom. The molecule has 0 bridgehead atoms. The Bertz CT molecular complexity index is 250. The zero-order valence-corrected chi connectivity index (χ0v) is 9.88. The van der Waals surface area contributed by atoms with Crippen molar-refractivity contribution >= 4 is 22.7 Å². The van der Waals surface area contributed by atoms with Gasteiger partial charge >= 0.3 is 5.97 Å². The summed E-state index contributed by atoms with van der Waals surface area (Å²) in [5, 5.41) is 8.37. The maximum Gasteiger partial charge on any atom is 0.304 e. The SMILES string of the molecule is CCN(CC)C(=O)CS(=O)CCC(=O)O. The molecule has 0 aliphatic carbocycles. The van der Waals surface area contributed by atoms with Crippen molar-refractivity contribution in [3.63, 3.8) is 0 Å². The molecule has 0 aliphatic heterocycles. The van der Waals surface area contributed by atoms with E-state index in [1.54, 1.807) is 4.90 Å². The number of carboxylic acids is 1. The van der Waals surface area contributed by atoms with Gasteiger partial charge in [-0.3, -0.25) is 13.8 Å². The van der Waals surface area contributed by atoms with Crippen molar-refractivity contribution in [2.24, 2.45) is 0 Å². The molecule has 0 fully saturated rings. The molecule has 0 rings (SSSR count). The molecular formula is C9H17NO4S. The number of nitrogens with zero attached hydrogens (tertiary/aromatic N) is 1. The number of aliphatic carboxylic acids is 1. The molecule has 1 N–H and O–H groups in total. The van der Waals surface area contributed by atoms with Gasteiger partial charge in [-0.2, -0.15) is 0 Å². The summed E-state index contributed by atoms with van der Waals surface area (Å²) in [4.78, 5) is 23.2. The highest BCUT2D eigenvalue weighted by Crippen LogP contribution is 1.94. The van der Waals surface area contributed by atoms with Gasteiger partial charge in [-0.05, 0) is 13.8 Å². The van der Waals surface area contributed by atoms with Crippen molar-refractivity contribution in [3.8, 4) is 0 Å². The molecule has 0 aliphatic rings. The molecule has 1 atom stereocenters. The van der Waals surface area contributed by atoms with Gasteiger partial charge < -0.3 is 10.0 Å². The van der Waals surface area contributed by atoms with Gasteiger partial charge in [-0.15, -0.1) is 0 Å². The van der Waals surface area contributed by atoms with Crippen LogP contribution in [0.5, 0.6) is 0 Å². The van der Waals surface area contributed by atoms with Crippen LogP contribution < -0.4 is 0 Å². The third-order valence-corrected chi connectivity index (χ3v) is 3.17. The minimum absolute atomic E-state index is 0.0440. The Morgan fingerprint density at radius 1 is 1.27 bits per heavy atom. The fourth-order valence-corrected chi connectivity index (χ4v) is 2.08. The summed E-state index contributed by atoms with van der Waals surface area (Å²) in [5.41, 5.74) is 0. The fourth-order valence-electron chi connectivity index (χ4n) is 1.08. The summed E-state index contributed by atoms with van der Waals surface area (Å²) in [7, 11) is -1.37. The van der Waals surface area contributed by atoms with E-state index in [1.165, 1.54) is 0 Å². The van der Waals surface area contributed by atoms with Crippen LogP contribution in [0.2, 0.25) is 0 Å². The molecule has 0 aromatic carbocycles. The molecule has 1 amide bonds. The fraction of sp³-hybridized carbons (Fsp3) is 0.778. The zero-order chi connectivity index (χ0) is 11.8. The van der Waals surface area contributed by atoms with Gasteiger partial charge in [-0.1, -0.05) is 0 Å². The standard InChI is InChI=1S/C9H17NO4S/c1-3-10(4-2)8(11)7-15(14)6-5-9(12)13/h3-7H2,1-2H3,(H,12,13). The lowest BCUT2D eigenvalue weighted by molar-refractivity contribution is -0.136. The average Bonchev–Trinajstić information content (AvgIpc) is 2.16. The van der Waals surface area contributed by atoms with Crippen LogP contribution in [0.3, 0.4) is 0 Å². The van der Waals surface area contributed by atoms with Crippen molar-refractivity contribution < 1.29 is 18.9 Å². The highest BCUT2D eigenvalue weighted by molar-refractivity contribution is 7.85. The number of carbonyl (C=O) groups is 2. The van der Waals surface area contributed by atoms with Crippen LogP contribution in [0.4, 0.5) is 0 Å². The van der Waals surface area contributed by atoms with E-state index < -0.39 is 16.8 Å². The number of carbonyl (C=O) groups excluding carboxylic acids is 1. The summed E-state index contributed by atoms with van der Waals surface area (Å²) < 4.78 is 11.3. The van der Waals surface area contributed by atoms with E-state index >= 15 is 0 Å². The van der Waals surface area contributed by atoms with Gasteiger partial charge in [0.15, 0.2) is 0 Å². The molecule has 88 valence electrons. The maximum atomic E-state index is 11.4.